The lowest BCUT2D eigenvalue weighted by molar-refractivity contribution is 0.0696. The number of halogens is 2. The molecular formula is C15H11BrFNO3. The fourth-order valence-electron chi connectivity index (χ4n) is 1.72. The Hall–Kier alpha value is -2.21. The van der Waals surface area contributed by atoms with Crippen molar-refractivity contribution in [3.63, 3.8) is 0 Å². The molecule has 2 aromatic rings. The SMILES string of the molecule is Cc1ccc(C(=O)O)cc1NC(=O)c1ccc(F)c(Br)c1. The average molecular weight is 352 g/mol. The van der Waals surface area contributed by atoms with Crippen LogP contribution in [0.25, 0.3) is 0 Å². The van der Waals surface area contributed by atoms with Gasteiger partial charge in [-0.1, -0.05) is 6.07 Å². The molecule has 0 aliphatic heterocycles. The fourth-order valence-corrected chi connectivity index (χ4v) is 2.10. The zero-order valence-electron chi connectivity index (χ0n) is 11.0. The molecule has 2 rings (SSSR count). The standard InChI is InChI=1S/C15H11BrFNO3/c1-8-2-3-10(15(20)21)7-13(8)18-14(19)9-4-5-12(17)11(16)6-9/h2-7H,1H3,(H,18,19)(H,20,21). The Bertz CT molecular complexity index is 731. The van der Waals surface area contributed by atoms with Crippen molar-refractivity contribution < 1.29 is 19.1 Å². The van der Waals surface area contributed by atoms with Crippen LogP contribution in [-0.2, 0) is 0 Å². The fraction of sp³-hybridized carbons (Fsp3) is 0.0667. The van der Waals surface area contributed by atoms with Gasteiger partial charge in [0.05, 0.1) is 10.0 Å². The van der Waals surface area contributed by atoms with Gasteiger partial charge in [-0.3, -0.25) is 4.79 Å². The van der Waals surface area contributed by atoms with Crippen molar-refractivity contribution in [2.24, 2.45) is 0 Å². The molecule has 2 aromatic carbocycles. The number of rotatable bonds is 3. The molecule has 1 amide bonds. The Morgan fingerprint density at radius 1 is 1.14 bits per heavy atom. The van der Waals surface area contributed by atoms with Crippen molar-refractivity contribution in [1.29, 1.82) is 0 Å². The van der Waals surface area contributed by atoms with E-state index in [2.05, 4.69) is 21.2 Å². The number of aromatic carboxylic acids is 1. The average Bonchev–Trinajstić information content (AvgIpc) is 2.43. The van der Waals surface area contributed by atoms with Gasteiger partial charge in [0.2, 0.25) is 0 Å². The molecule has 0 aliphatic carbocycles. The second-order valence-corrected chi connectivity index (χ2v) is 5.27. The number of hydrogen-bond donors (Lipinski definition) is 2. The van der Waals surface area contributed by atoms with Crippen molar-refractivity contribution in [3.05, 3.63) is 63.4 Å². The Kier molecular flexibility index (Phi) is 4.37. The van der Waals surface area contributed by atoms with Crippen LogP contribution >= 0.6 is 15.9 Å². The first kappa shape index (κ1) is 15.2. The van der Waals surface area contributed by atoms with Crippen LogP contribution in [0.1, 0.15) is 26.3 Å². The van der Waals surface area contributed by atoms with Crippen LogP contribution in [0.15, 0.2) is 40.9 Å². The summed E-state index contributed by atoms with van der Waals surface area (Å²) in [5.74, 6) is -1.98. The zero-order chi connectivity index (χ0) is 15.6. The number of carbonyl (C=O) groups excluding carboxylic acids is 1. The minimum Gasteiger partial charge on any atom is -0.478 e. The number of aryl methyl sites for hydroxylation is 1. The third-order valence-corrected chi connectivity index (χ3v) is 3.52. The van der Waals surface area contributed by atoms with Crippen LogP contribution in [0.4, 0.5) is 10.1 Å². The summed E-state index contributed by atoms with van der Waals surface area (Å²) in [5, 5.41) is 11.6. The number of hydrogen-bond acceptors (Lipinski definition) is 2. The minimum atomic E-state index is -1.07. The largest absolute Gasteiger partial charge is 0.478 e. The molecule has 0 aromatic heterocycles. The molecule has 0 radical (unpaired) electrons. The molecule has 0 unspecified atom stereocenters. The molecular weight excluding hydrogens is 341 g/mol. The summed E-state index contributed by atoms with van der Waals surface area (Å²) in [4.78, 5) is 23.1. The highest BCUT2D eigenvalue weighted by atomic mass is 79.9. The molecule has 0 bridgehead atoms. The van der Waals surface area contributed by atoms with E-state index in [0.29, 0.717) is 5.69 Å². The van der Waals surface area contributed by atoms with Gasteiger partial charge in [-0.15, -0.1) is 0 Å². The van der Waals surface area contributed by atoms with E-state index in [9.17, 15) is 14.0 Å². The van der Waals surface area contributed by atoms with Gasteiger partial charge in [0, 0.05) is 11.3 Å². The number of nitrogens with one attached hydrogen (secondary N) is 1. The van der Waals surface area contributed by atoms with Crippen molar-refractivity contribution >= 4 is 33.5 Å². The van der Waals surface area contributed by atoms with E-state index in [1.165, 1.54) is 30.3 Å². The summed E-state index contributed by atoms with van der Waals surface area (Å²) in [6, 6.07) is 8.35. The molecule has 0 spiro atoms. The van der Waals surface area contributed by atoms with Crippen molar-refractivity contribution in [2.45, 2.75) is 6.92 Å². The molecule has 4 nitrogen and oxygen atoms in total. The van der Waals surface area contributed by atoms with Gasteiger partial charge in [-0.25, -0.2) is 9.18 Å². The normalized spacial score (nSPS) is 10.2. The second-order valence-electron chi connectivity index (χ2n) is 4.42. The molecule has 6 heteroatoms. The molecule has 0 saturated heterocycles. The Labute approximate surface area is 128 Å². The second kappa shape index (κ2) is 6.05. The van der Waals surface area contributed by atoms with Crippen molar-refractivity contribution in [3.8, 4) is 0 Å². The van der Waals surface area contributed by atoms with Gasteiger partial charge in [0.15, 0.2) is 0 Å². The highest BCUT2D eigenvalue weighted by Gasteiger charge is 2.12. The molecule has 108 valence electrons. The van der Waals surface area contributed by atoms with E-state index < -0.39 is 17.7 Å². The van der Waals surface area contributed by atoms with E-state index in [-0.39, 0.29) is 15.6 Å². The van der Waals surface area contributed by atoms with E-state index >= 15 is 0 Å². The number of carbonyl (C=O) groups is 2. The Morgan fingerprint density at radius 3 is 2.43 bits per heavy atom. The lowest BCUT2D eigenvalue weighted by Crippen LogP contribution is -2.13. The van der Waals surface area contributed by atoms with Crippen LogP contribution in [0.5, 0.6) is 0 Å². The van der Waals surface area contributed by atoms with Gasteiger partial charge >= 0.3 is 5.97 Å². The van der Waals surface area contributed by atoms with Gasteiger partial charge in [0.1, 0.15) is 5.82 Å². The van der Waals surface area contributed by atoms with Crippen LogP contribution in [0.2, 0.25) is 0 Å². The van der Waals surface area contributed by atoms with Crippen LogP contribution in [-0.4, -0.2) is 17.0 Å². The van der Waals surface area contributed by atoms with Gasteiger partial charge in [-0.05, 0) is 58.7 Å². The summed E-state index contributed by atoms with van der Waals surface area (Å²) < 4.78 is 13.3. The number of amides is 1. The van der Waals surface area contributed by atoms with Crippen LogP contribution < -0.4 is 5.32 Å². The Balaban J connectivity index is 2.28. The lowest BCUT2D eigenvalue weighted by Gasteiger charge is -2.10. The van der Waals surface area contributed by atoms with Crippen LogP contribution in [0.3, 0.4) is 0 Å². The molecule has 0 saturated carbocycles. The predicted molar refractivity (Wildman–Crippen MR) is 80.2 cm³/mol. The number of carboxylic acids is 1. The highest BCUT2D eigenvalue weighted by Crippen LogP contribution is 2.20. The number of anilines is 1. The molecule has 0 heterocycles. The maximum Gasteiger partial charge on any atom is 0.335 e. The highest BCUT2D eigenvalue weighted by molar-refractivity contribution is 9.10. The quantitative estimate of drug-likeness (QED) is 0.882. The first-order chi connectivity index (χ1) is 9.88. The van der Waals surface area contributed by atoms with Gasteiger partial charge in [0.25, 0.3) is 5.91 Å². The summed E-state index contributed by atoms with van der Waals surface area (Å²) in [7, 11) is 0. The van der Waals surface area contributed by atoms with E-state index in [4.69, 9.17) is 5.11 Å². The molecule has 21 heavy (non-hydrogen) atoms. The lowest BCUT2D eigenvalue weighted by atomic mass is 10.1. The maximum atomic E-state index is 13.2. The first-order valence-corrected chi connectivity index (χ1v) is 6.78. The summed E-state index contributed by atoms with van der Waals surface area (Å²) in [6.45, 7) is 1.75. The molecule has 0 atom stereocenters. The predicted octanol–water partition coefficient (Wildman–Crippen LogP) is 3.85. The van der Waals surface area contributed by atoms with Crippen molar-refractivity contribution in [1.82, 2.24) is 0 Å². The first-order valence-electron chi connectivity index (χ1n) is 5.99. The summed E-state index contributed by atoms with van der Waals surface area (Å²) in [6.07, 6.45) is 0. The molecule has 0 fully saturated rings. The smallest absolute Gasteiger partial charge is 0.335 e. The topological polar surface area (TPSA) is 66.4 Å². The minimum absolute atomic E-state index is 0.0798. The van der Waals surface area contributed by atoms with E-state index in [1.807, 2.05) is 0 Å². The van der Waals surface area contributed by atoms with Crippen LogP contribution in [0, 0.1) is 12.7 Å². The third kappa shape index (κ3) is 3.46. The number of benzene rings is 2. The Morgan fingerprint density at radius 2 is 1.81 bits per heavy atom. The maximum absolute atomic E-state index is 13.2. The molecule has 2 N–H and O–H groups in total. The summed E-state index contributed by atoms with van der Waals surface area (Å²) in [5.41, 5.74) is 1.48. The van der Waals surface area contributed by atoms with Crippen molar-refractivity contribution in [2.75, 3.05) is 5.32 Å². The van der Waals surface area contributed by atoms with E-state index in [1.54, 1.807) is 13.0 Å². The third-order valence-electron chi connectivity index (χ3n) is 2.91. The molecule has 0 aliphatic rings. The summed E-state index contributed by atoms with van der Waals surface area (Å²) >= 11 is 3.01. The zero-order valence-corrected chi connectivity index (χ0v) is 12.6. The van der Waals surface area contributed by atoms with E-state index in [0.717, 1.165) is 5.56 Å². The van der Waals surface area contributed by atoms with Gasteiger partial charge < -0.3 is 10.4 Å². The monoisotopic (exact) mass is 351 g/mol. The number of carboxylic acid groups (broad SMARTS) is 1. The van der Waals surface area contributed by atoms with Gasteiger partial charge in [-0.2, -0.15) is 0 Å².